The highest BCUT2D eigenvalue weighted by atomic mass is 14.7. The van der Waals surface area contributed by atoms with Crippen molar-refractivity contribution < 1.29 is 0 Å². The minimum atomic E-state index is 0.959. The number of rotatable bonds is 4. The molecule has 0 bridgehead atoms. The van der Waals surface area contributed by atoms with Gasteiger partial charge in [0.1, 0.15) is 0 Å². The normalized spacial score (nSPS) is 10.8. The number of hydrogen-bond acceptors (Lipinski definition) is 1. The molecule has 12 heavy (non-hydrogen) atoms. The highest BCUT2D eigenvalue weighted by molar-refractivity contribution is 5.07. The van der Waals surface area contributed by atoms with E-state index >= 15 is 0 Å². The monoisotopic (exact) mass is 161 g/mol. The van der Waals surface area contributed by atoms with Gasteiger partial charge in [0.25, 0.3) is 0 Å². The van der Waals surface area contributed by atoms with Crippen molar-refractivity contribution in [2.24, 2.45) is 0 Å². The highest BCUT2D eigenvalue weighted by Gasteiger charge is 1.85. The van der Waals surface area contributed by atoms with Crippen molar-refractivity contribution in [3.8, 4) is 0 Å². The summed E-state index contributed by atoms with van der Waals surface area (Å²) in [7, 11) is 0. The molecule has 0 radical (unpaired) electrons. The molecule has 0 saturated heterocycles. The summed E-state index contributed by atoms with van der Waals surface area (Å²) in [6.45, 7) is 2.19. The Balaban J connectivity index is 2.33. The molecule has 1 heteroatoms. The van der Waals surface area contributed by atoms with Crippen molar-refractivity contribution in [3.63, 3.8) is 0 Å². The van der Waals surface area contributed by atoms with Gasteiger partial charge in [0.15, 0.2) is 0 Å². The second kappa shape index (κ2) is 5.53. The zero-order chi connectivity index (χ0) is 8.65. The lowest BCUT2D eigenvalue weighted by Gasteiger charge is -1.92. The van der Waals surface area contributed by atoms with E-state index in [0.29, 0.717) is 0 Å². The van der Waals surface area contributed by atoms with Crippen molar-refractivity contribution in [2.45, 2.75) is 26.2 Å². The van der Waals surface area contributed by atoms with E-state index in [0.717, 1.165) is 12.1 Å². The Hall–Kier alpha value is -1.11. The summed E-state index contributed by atoms with van der Waals surface area (Å²) in [5, 5.41) is 0. The number of aromatic nitrogens is 1. The van der Waals surface area contributed by atoms with E-state index in [2.05, 4.69) is 30.1 Å². The topological polar surface area (TPSA) is 12.9 Å². The Morgan fingerprint density at radius 3 is 2.92 bits per heavy atom. The molecule has 0 amide bonds. The molecule has 1 aromatic heterocycles. The third kappa shape index (κ3) is 3.33. The fraction of sp³-hybridized carbons (Fsp3) is 0.364. The van der Waals surface area contributed by atoms with Crippen LogP contribution in [0.3, 0.4) is 0 Å². The average molecular weight is 161 g/mol. The van der Waals surface area contributed by atoms with Crippen LogP contribution < -0.4 is 0 Å². The molecule has 0 aliphatic carbocycles. The Bertz CT molecular complexity index is 226. The maximum atomic E-state index is 4.23. The van der Waals surface area contributed by atoms with Crippen molar-refractivity contribution in [3.05, 3.63) is 42.2 Å². The Morgan fingerprint density at radius 2 is 2.25 bits per heavy atom. The van der Waals surface area contributed by atoms with Gasteiger partial charge in [-0.2, -0.15) is 0 Å². The molecule has 0 N–H and O–H groups in total. The average Bonchev–Trinajstić information content (AvgIpc) is 2.14. The van der Waals surface area contributed by atoms with E-state index in [1.807, 2.05) is 18.3 Å². The summed E-state index contributed by atoms with van der Waals surface area (Å²) in [4.78, 5) is 4.23. The van der Waals surface area contributed by atoms with Gasteiger partial charge in [-0.15, -0.1) is 0 Å². The largest absolute Gasteiger partial charge is 0.261 e. The maximum absolute atomic E-state index is 4.23. The minimum Gasteiger partial charge on any atom is -0.261 e. The first-order valence-corrected chi connectivity index (χ1v) is 4.48. The van der Waals surface area contributed by atoms with Crippen molar-refractivity contribution >= 4 is 0 Å². The van der Waals surface area contributed by atoms with Gasteiger partial charge in [0, 0.05) is 18.3 Å². The molecular formula is C11H15N. The molecular weight excluding hydrogens is 146 g/mol. The predicted octanol–water partition coefficient (Wildman–Crippen LogP) is 2.98. The van der Waals surface area contributed by atoms with E-state index in [1.54, 1.807) is 0 Å². The molecule has 1 nitrogen and oxygen atoms in total. The number of allylic oxidation sites excluding steroid dienone is 2. The maximum Gasteiger partial charge on any atom is 0.0441 e. The first kappa shape index (κ1) is 8.98. The number of nitrogens with zero attached hydrogens (tertiary/aromatic N) is 1. The van der Waals surface area contributed by atoms with E-state index in [9.17, 15) is 0 Å². The van der Waals surface area contributed by atoms with E-state index < -0.39 is 0 Å². The second-order valence-electron chi connectivity index (χ2n) is 2.79. The summed E-state index contributed by atoms with van der Waals surface area (Å²) >= 11 is 0. The number of pyridine rings is 1. The number of hydrogen-bond donors (Lipinski definition) is 0. The quantitative estimate of drug-likeness (QED) is 0.619. The number of unbranched alkanes of at least 4 members (excludes halogenated alkanes) is 1. The van der Waals surface area contributed by atoms with Gasteiger partial charge in [0.05, 0.1) is 0 Å². The Labute approximate surface area is 74.2 Å². The second-order valence-corrected chi connectivity index (χ2v) is 2.79. The van der Waals surface area contributed by atoms with Crippen LogP contribution in [0.2, 0.25) is 0 Å². The summed E-state index contributed by atoms with van der Waals surface area (Å²) in [6, 6.07) is 6.02. The van der Waals surface area contributed by atoms with Gasteiger partial charge in [-0.05, 0) is 18.6 Å². The molecule has 0 aliphatic rings. The van der Waals surface area contributed by atoms with Crippen LogP contribution in [0.15, 0.2) is 36.5 Å². The third-order valence-corrected chi connectivity index (χ3v) is 1.68. The van der Waals surface area contributed by atoms with E-state index in [4.69, 9.17) is 0 Å². The highest BCUT2D eigenvalue weighted by Crippen LogP contribution is 1.97. The van der Waals surface area contributed by atoms with Gasteiger partial charge in [-0.25, -0.2) is 0 Å². The van der Waals surface area contributed by atoms with E-state index in [-0.39, 0.29) is 0 Å². The molecule has 1 aromatic rings. The first-order valence-electron chi connectivity index (χ1n) is 4.48. The Kier molecular flexibility index (Phi) is 4.14. The lowest BCUT2D eigenvalue weighted by Crippen LogP contribution is -1.83. The molecule has 64 valence electrons. The van der Waals surface area contributed by atoms with Crippen LogP contribution in [0.4, 0.5) is 0 Å². The zero-order valence-electron chi connectivity index (χ0n) is 7.53. The van der Waals surface area contributed by atoms with Gasteiger partial charge in [-0.1, -0.05) is 31.6 Å². The van der Waals surface area contributed by atoms with Gasteiger partial charge < -0.3 is 0 Å². The third-order valence-electron chi connectivity index (χ3n) is 1.68. The van der Waals surface area contributed by atoms with E-state index in [1.165, 1.54) is 12.8 Å². The molecule has 0 aromatic carbocycles. The van der Waals surface area contributed by atoms with Gasteiger partial charge in [0.2, 0.25) is 0 Å². The standard InChI is InChI=1S/C11H15N/c1-2-3-4-5-8-11-9-6-7-10-12-11/h4-7,9-10H,2-3,8H2,1H3/b5-4+. The van der Waals surface area contributed by atoms with Gasteiger partial charge in [-0.3, -0.25) is 4.98 Å². The molecule has 1 rings (SSSR count). The van der Waals surface area contributed by atoms with Crippen molar-refractivity contribution in [2.75, 3.05) is 0 Å². The minimum absolute atomic E-state index is 0.959. The molecule has 0 aliphatic heterocycles. The van der Waals surface area contributed by atoms with Crippen LogP contribution in [-0.4, -0.2) is 4.98 Å². The van der Waals surface area contributed by atoms with Crippen molar-refractivity contribution in [1.29, 1.82) is 0 Å². The smallest absolute Gasteiger partial charge is 0.0441 e. The molecule has 1 heterocycles. The Morgan fingerprint density at radius 1 is 1.33 bits per heavy atom. The molecule has 0 fully saturated rings. The van der Waals surface area contributed by atoms with Crippen LogP contribution in [0.1, 0.15) is 25.5 Å². The van der Waals surface area contributed by atoms with Crippen LogP contribution in [0.25, 0.3) is 0 Å². The lowest BCUT2D eigenvalue weighted by atomic mass is 10.2. The zero-order valence-corrected chi connectivity index (χ0v) is 7.53. The first-order chi connectivity index (χ1) is 5.93. The summed E-state index contributed by atoms with van der Waals surface area (Å²) in [5.41, 5.74) is 1.14. The summed E-state index contributed by atoms with van der Waals surface area (Å²) in [5.74, 6) is 0. The fourth-order valence-electron chi connectivity index (χ4n) is 1.01. The SMILES string of the molecule is CCC/C=C/Cc1ccccn1. The summed E-state index contributed by atoms with van der Waals surface area (Å²) < 4.78 is 0. The van der Waals surface area contributed by atoms with Crippen LogP contribution >= 0.6 is 0 Å². The molecule has 0 saturated carbocycles. The molecule has 0 atom stereocenters. The van der Waals surface area contributed by atoms with Gasteiger partial charge >= 0.3 is 0 Å². The van der Waals surface area contributed by atoms with Crippen LogP contribution in [-0.2, 0) is 6.42 Å². The lowest BCUT2D eigenvalue weighted by molar-refractivity contribution is 0.951. The van der Waals surface area contributed by atoms with Crippen molar-refractivity contribution in [1.82, 2.24) is 4.98 Å². The van der Waals surface area contributed by atoms with Crippen LogP contribution in [0, 0.1) is 0 Å². The predicted molar refractivity (Wildman–Crippen MR) is 52.0 cm³/mol. The summed E-state index contributed by atoms with van der Waals surface area (Å²) in [6.07, 6.45) is 9.59. The fourth-order valence-corrected chi connectivity index (χ4v) is 1.01. The molecule has 0 spiro atoms. The van der Waals surface area contributed by atoms with Crippen LogP contribution in [0.5, 0.6) is 0 Å². The molecule has 0 unspecified atom stereocenters.